The van der Waals surface area contributed by atoms with Crippen LogP contribution in [0.15, 0.2) is 4.99 Å². The van der Waals surface area contributed by atoms with Crippen LogP contribution in [0, 0.1) is 5.41 Å². The van der Waals surface area contributed by atoms with Crippen LogP contribution in [0.1, 0.15) is 58.3 Å². The zero-order chi connectivity index (χ0) is 15.4. The number of guanidine groups is 1. The molecule has 0 aromatic heterocycles. The van der Waals surface area contributed by atoms with E-state index >= 15 is 0 Å². The minimum atomic E-state index is 0.0597. The van der Waals surface area contributed by atoms with Gasteiger partial charge in [-0.2, -0.15) is 0 Å². The van der Waals surface area contributed by atoms with Gasteiger partial charge in [-0.15, -0.1) is 0 Å². The maximum Gasteiger partial charge on any atom is 0.242 e. The molecule has 1 aliphatic heterocycles. The van der Waals surface area contributed by atoms with Crippen LogP contribution in [0.2, 0.25) is 0 Å². The monoisotopic (exact) mass is 306 g/mol. The second kappa shape index (κ2) is 6.88. The van der Waals surface area contributed by atoms with Gasteiger partial charge in [0.25, 0.3) is 0 Å². The van der Waals surface area contributed by atoms with Gasteiger partial charge in [-0.05, 0) is 44.4 Å². The lowest BCUT2D eigenvalue weighted by Crippen LogP contribution is -2.42. The number of carbonyl (C=O) groups is 1. The van der Waals surface area contributed by atoms with Gasteiger partial charge in [-0.25, -0.2) is 4.99 Å². The summed E-state index contributed by atoms with van der Waals surface area (Å²) in [5, 5.41) is 6.37. The number of amides is 1. The Bertz CT molecular complexity index is 424. The first kappa shape index (κ1) is 15.6. The van der Waals surface area contributed by atoms with Crippen LogP contribution in [0.5, 0.6) is 0 Å². The van der Waals surface area contributed by atoms with Crippen molar-refractivity contribution in [2.75, 3.05) is 26.2 Å². The molecule has 0 atom stereocenters. The van der Waals surface area contributed by atoms with E-state index in [1.165, 1.54) is 38.5 Å². The molecule has 3 fully saturated rings. The number of likely N-dealkylation sites (tertiary alicyclic amines) is 1. The van der Waals surface area contributed by atoms with Crippen molar-refractivity contribution in [1.29, 1.82) is 0 Å². The van der Waals surface area contributed by atoms with Crippen molar-refractivity contribution in [2.24, 2.45) is 10.4 Å². The van der Waals surface area contributed by atoms with Crippen molar-refractivity contribution in [2.45, 2.75) is 64.3 Å². The normalized spacial score (nSPS) is 24.6. The van der Waals surface area contributed by atoms with Gasteiger partial charge in [-0.1, -0.05) is 19.3 Å². The summed E-state index contributed by atoms with van der Waals surface area (Å²) in [5.41, 5.74) is 0.519. The van der Waals surface area contributed by atoms with Gasteiger partial charge >= 0.3 is 0 Å². The molecule has 0 aromatic rings. The molecule has 2 saturated carbocycles. The molecule has 5 heteroatoms. The number of nitrogens with one attached hydrogen (secondary N) is 2. The van der Waals surface area contributed by atoms with Crippen LogP contribution in [0.3, 0.4) is 0 Å². The van der Waals surface area contributed by atoms with Gasteiger partial charge < -0.3 is 15.5 Å². The Morgan fingerprint density at radius 1 is 1.23 bits per heavy atom. The fraction of sp³-hybridized carbons (Fsp3) is 0.882. The van der Waals surface area contributed by atoms with Gasteiger partial charge in [0, 0.05) is 25.7 Å². The summed E-state index contributed by atoms with van der Waals surface area (Å²) in [5.74, 6) is 0.986. The van der Waals surface area contributed by atoms with E-state index < -0.39 is 0 Å². The lowest BCUT2D eigenvalue weighted by atomic mass is 9.73. The Balaban J connectivity index is 1.56. The Labute approximate surface area is 133 Å². The van der Waals surface area contributed by atoms with E-state index in [-0.39, 0.29) is 12.5 Å². The molecule has 1 heterocycles. The first-order valence-corrected chi connectivity index (χ1v) is 9.03. The molecule has 5 nitrogen and oxygen atoms in total. The zero-order valence-electron chi connectivity index (χ0n) is 13.9. The van der Waals surface area contributed by atoms with Crippen LogP contribution in [0.25, 0.3) is 0 Å². The number of carbonyl (C=O) groups excluding carboxylic acids is 1. The summed E-state index contributed by atoms with van der Waals surface area (Å²) in [6.07, 6.45) is 10.4. The highest BCUT2D eigenvalue weighted by Gasteiger charge is 2.39. The zero-order valence-corrected chi connectivity index (χ0v) is 13.9. The quantitative estimate of drug-likeness (QED) is 0.616. The number of hydrogen-bond donors (Lipinski definition) is 2. The number of hydrogen-bond acceptors (Lipinski definition) is 2. The molecule has 3 aliphatic rings. The maximum atomic E-state index is 11.8. The smallest absolute Gasteiger partial charge is 0.242 e. The number of nitrogens with zero attached hydrogens (tertiary/aromatic N) is 2. The average molecular weight is 306 g/mol. The fourth-order valence-corrected chi connectivity index (χ4v) is 3.90. The summed E-state index contributed by atoms with van der Waals surface area (Å²) in [7, 11) is 0. The fourth-order valence-electron chi connectivity index (χ4n) is 3.90. The van der Waals surface area contributed by atoms with Gasteiger partial charge in [0.1, 0.15) is 6.54 Å². The van der Waals surface area contributed by atoms with Crippen LogP contribution < -0.4 is 10.6 Å². The molecule has 2 aliphatic carbocycles. The lowest BCUT2D eigenvalue weighted by molar-refractivity contribution is -0.119. The topological polar surface area (TPSA) is 56.7 Å². The Morgan fingerprint density at radius 3 is 2.68 bits per heavy atom. The van der Waals surface area contributed by atoms with Gasteiger partial charge in [0.05, 0.1) is 0 Å². The Morgan fingerprint density at radius 2 is 2.00 bits per heavy atom. The molecule has 0 radical (unpaired) electrons. The highest BCUT2D eigenvalue weighted by molar-refractivity contribution is 5.85. The second-order valence-corrected chi connectivity index (χ2v) is 7.24. The highest BCUT2D eigenvalue weighted by Crippen LogP contribution is 2.43. The van der Waals surface area contributed by atoms with E-state index in [2.05, 4.69) is 27.4 Å². The van der Waals surface area contributed by atoms with E-state index in [9.17, 15) is 4.79 Å². The standard InChI is InChI=1S/C17H30N4O/c1-2-18-16(19-12-15(22)20-14-6-7-14)21-11-10-17(13-21)8-4-3-5-9-17/h14H,2-13H2,1H3,(H,18,19)(H,20,22). The summed E-state index contributed by atoms with van der Waals surface area (Å²) in [6, 6.07) is 0.419. The van der Waals surface area contributed by atoms with Crippen LogP contribution in [-0.4, -0.2) is 49.0 Å². The third-order valence-corrected chi connectivity index (χ3v) is 5.30. The summed E-state index contributed by atoms with van der Waals surface area (Å²) < 4.78 is 0. The van der Waals surface area contributed by atoms with Gasteiger partial charge in [0.15, 0.2) is 5.96 Å². The van der Waals surface area contributed by atoms with Crippen LogP contribution in [-0.2, 0) is 4.79 Å². The minimum Gasteiger partial charge on any atom is -0.357 e. The molecule has 1 amide bonds. The predicted octanol–water partition coefficient (Wildman–Crippen LogP) is 1.89. The summed E-state index contributed by atoms with van der Waals surface area (Å²) >= 11 is 0. The molecule has 0 bridgehead atoms. The molecule has 22 heavy (non-hydrogen) atoms. The lowest BCUT2D eigenvalue weighted by Gasteiger charge is -2.33. The van der Waals surface area contributed by atoms with Crippen molar-refractivity contribution >= 4 is 11.9 Å². The number of rotatable bonds is 4. The van der Waals surface area contributed by atoms with Crippen molar-refractivity contribution in [3.8, 4) is 0 Å². The van der Waals surface area contributed by atoms with E-state index in [1.807, 2.05) is 0 Å². The SMILES string of the molecule is CCNC(=NCC(=O)NC1CC1)N1CCC2(CCCCC2)C1. The third-order valence-electron chi connectivity index (χ3n) is 5.30. The number of aliphatic imine (C=N–C) groups is 1. The molecular formula is C17H30N4O. The molecule has 3 rings (SSSR count). The van der Waals surface area contributed by atoms with E-state index in [1.54, 1.807) is 0 Å². The molecule has 2 N–H and O–H groups in total. The molecule has 0 aromatic carbocycles. The molecule has 0 unspecified atom stereocenters. The van der Waals surface area contributed by atoms with Crippen LogP contribution in [0.4, 0.5) is 0 Å². The first-order chi connectivity index (χ1) is 10.7. The van der Waals surface area contributed by atoms with Crippen LogP contribution >= 0.6 is 0 Å². The largest absolute Gasteiger partial charge is 0.357 e. The summed E-state index contributed by atoms with van der Waals surface area (Å²) in [6.45, 7) is 5.39. The molecule has 124 valence electrons. The van der Waals surface area contributed by atoms with E-state index in [0.717, 1.165) is 38.4 Å². The summed E-state index contributed by atoms with van der Waals surface area (Å²) in [4.78, 5) is 18.8. The Kier molecular flexibility index (Phi) is 4.89. The molecule has 1 spiro atoms. The third kappa shape index (κ3) is 3.93. The van der Waals surface area contributed by atoms with Crippen molar-refractivity contribution < 1.29 is 4.79 Å². The maximum absolute atomic E-state index is 11.8. The van der Waals surface area contributed by atoms with E-state index in [0.29, 0.717) is 11.5 Å². The first-order valence-electron chi connectivity index (χ1n) is 9.03. The highest BCUT2D eigenvalue weighted by atomic mass is 16.2. The van der Waals surface area contributed by atoms with Crippen molar-refractivity contribution in [1.82, 2.24) is 15.5 Å². The predicted molar refractivity (Wildman–Crippen MR) is 88.9 cm³/mol. The molecular weight excluding hydrogens is 276 g/mol. The van der Waals surface area contributed by atoms with Crippen molar-refractivity contribution in [3.05, 3.63) is 0 Å². The van der Waals surface area contributed by atoms with Gasteiger partial charge in [-0.3, -0.25) is 4.79 Å². The van der Waals surface area contributed by atoms with E-state index in [4.69, 9.17) is 0 Å². The Hall–Kier alpha value is -1.26. The van der Waals surface area contributed by atoms with Crippen molar-refractivity contribution in [3.63, 3.8) is 0 Å². The minimum absolute atomic E-state index is 0.0597. The second-order valence-electron chi connectivity index (χ2n) is 7.24. The molecule has 1 saturated heterocycles. The van der Waals surface area contributed by atoms with Gasteiger partial charge in [0.2, 0.25) is 5.91 Å². The average Bonchev–Trinajstić information content (AvgIpc) is 3.25.